The van der Waals surface area contributed by atoms with Gasteiger partial charge in [0.1, 0.15) is 16.9 Å². The minimum atomic E-state index is -0.983. The molecule has 0 spiro atoms. The second-order valence-corrected chi connectivity index (χ2v) is 5.47. The Kier molecular flexibility index (Phi) is 4.89. The molecule has 2 aromatic rings. The molecule has 9 nitrogen and oxygen atoms in total. The maximum atomic E-state index is 12.4. The van der Waals surface area contributed by atoms with Crippen LogP contribution in [0.2, 0.25) is 5.02 Å². The van der Waals surface area contributed by atoms with Gasteiger partial charge in [-0.15, -0.1) is 0 Å². The van der Waals surface area contributed by atoms with Crippen molar-refractivity contribution in [3.8, 4) is 0 Å². The fraction of sp³-hybridized carbons (Fsp3) is 0.133. The molecule has 2 rings (SSSR count). The van der Waals surface area contributed by atoms with Crippen molar-refractivity contribution in [2.45, 2.75) is 13.8 Å². The number of nitrogens with one attached hydrogen (secondary N) is 1. The third-order valence-corrected chi connectivity index (χ3v) is 3.55. The van der Waals surface area contributed by atoms with Crippen molar-refractivity contribution in [2.24, 2.45) is 5.73 Å². The summed E-state index contributed by atoms with van der Waals surface area (Å²) >= 11 is 5.70. The average molecular weight is 366 g/mol. The maximum absolute atomic E-state index is 12.4. The maximum Gasteiger partial charge on any atom is 0.283 e. The number of anilines is 1. The van der Waals surface area contributed by atoms with Gasteiger partial charge in [-0.1, -0.05) is 11.6 Å². The van der Waals surface area contributed by atoms with Crippen LogP contribution in [-0.4, -0.2) is 22.5 Å². The van der Waals surface area contributed by atoms with E-state index >= 15 is 0 Å². The van der Waals surface area contributed by atoms with Gasteiger partial charge in [0.15, 0.2) is 5.78 Å². The molecule has 0 aliphatic carbocycles. The monoisotopic (exact) mass is 365 g/mol. The van der Waals surface area contributed by atoms with Gasteiger partial charge in [0.05, 0.1) is 10.5 Å². The highest BCUT2D eigenvalue weighted by molar-refractivity contribution is 6.31. The molecule has 0 bridgehead atoms. The number of primary amides is 1. The molecule has 3 N–H and O–H groups in total. The minimum absolute atomic E-state index is 0.0617. The van der Waals surface area contributed by atoms with Crippen LogP contribution in [0.3, 0.4) is 0 Å². The van der Waals surface area contributed by atoms with Crippen LogP contribution in [0.25, 0.3) is 0 Å². The molecular weight excluding hydrogens is 354 g/mol. The molecule has 130 valence electrons. The highest BCUT2D eigenvalue weighted by atomic mass is 35.5. The van der Waals surface area contributed by atoms with E-state index in [0.29, 0.717) is 0 Å². The standard InChI is InChI=1S/C15H12ClN3O6/c1-6(20)11-7(2)25-15(12(11)13(17)21)18-14(22)9-4-3-8(16)5-10(9)19(23)24/h3-5H,1-2H3,(H2,17,21)(H,18,22). The number of hydrogen-bond acceptors (Lipinski definition) is 6. The topological polar surface area (TPSA) is 146 Å². The van der Waals surface area contributed by atoms with Gasteiger partial charge >= 0.3 is 0 Å². The second kappa shape index (κ2) is 6.73. The summed E-state index contributed by atoms with van der Waals surface area (Å²) in [4.78, 5) is 46.0. The number of rotatable bonds is 5. The van der Waals surface area contributed by atoms with E-state index in [-0.39, 0.29) is 33.4 Å². The Morgan fingerprint density at radius 2 is 1.92 bits per heavy atom. The second-order valence-electron chi connectivity index (χ2n) is 5.03. The molecule has 0 aliphatic rings. The minimum Gasteiger partial charge on any atom is -0.444 e. The first-order chi connectivity index (χ1) is 11.6. The van der Waals surface area contributed by atoms with Crippen molar-refractivity contribution in [1.29, 1.82) is 0 Å². The molecule has 0 fully saturated rings. The van der Waals surface area contributed by atoms with Crippen LogP contribution in [0.4, 0.5) is 11.6 Å². The van der Waals surface area contributed by atoms with Crippen molar-refractivity contribution in [1.82, 2.24) is 0 Å². The van der Waals surface area contributed by atoms with E-state index < -0.39 is 28.2 Å². The molecule has 25 heavy (non-hydrogen) atoms. The average Bonchev–Trinajstić information content (AvgIpc) is 2.83. The van der Waals surface area contributed by atoms with Crippen molar-refractivity contribution < 1.29 is 23.7 Å². The summed E-state index contributed by atoms with van der Waals surface area (Å²) in [7, 11) is 0. The van der Waals surface area contributed by atoms with E-state index in [2.05, 4.69) is 5.32 Å². The van der Waals surface area contributed by atoms with E-state index in [4.69, 9.17) is 21.8 Å². The summed E-state index contributed by atoms with van der Waals surface area (Å²) in [5.74, 6) is -2.66. The molecule has 10 heteroatoms. The number of nitro groups is 1. The first-order valence-corrected chi connectivity index (χ1v) is 7.20. The number of carbonyl (C=O) groups excluding carboxylic acids is 3. The molecule has 1 heterocycles. The zero-order valence-electron chi connectivity index (χ0n) is 13.1. The molecule has 1 aromatic heterocycles. The van der Waals surface area contributed by atoms with Crippen LogP contribution < -0.4 is 11.1 Å². The molecule has 0 atom stereocenters. The number of nitrogens with two attached hydrogens (primary N) is 1. The highest BCUT2D eigenvalue weighted by Crippen LogP contribution is 2.29. The lowest BCUT2D eigenvalue weighted by Gasteiger charge is -2.05. The first-order valence-electron chi connectivity index (χ1n) is 6.83. The van der Waals surface area contributed by atoms with Crippen molar-refractivity contribution >= 4 is 40.8 Å². The Hall–Kier alpha value is -3.20. The van der Waals surface area contributed by atoms with E-state index in [1.807, 2.05) is 0 Å². The number of nitrogens with zero attached hydrogens (tertiary/aromatic N) is 1. The van der Waals surface area contributed by atoms with Gasteiger partial charge in [0, 0.05) is 11.1 Å². The van der Waals surface area contributed by atoms with Gasteiger partial charge in [-0.3, -0.25) is 29.8 Å². The van der Waals surface area contributed by atoms with Crippen LogP contribution in [0.1, 0.15) is 43.8 Å². The molecular formula is C15H12ClN3O6. The van der Waals surface area contributed by atoms with Crippen LogP contribution in [-0.2, 0) is 0 Å². The van der Waals surface area contributed by atoms with Gasteiger partial charge < -0.3 is 10.2 Å². The molecule has 0 unspecified atom stereocenters. The number of aryl methyl sites for hydroxylation is 1. The van der Waals surface area contributed by atoms with Gasteiger partial charge in [-0.2, -0.15) is 0 Å². The Morgan fingerprint density at radius 3 is 2.44 bits per heavy atom. The summed E-state index contributed by atoms with van der Waals surface area (Å²) in [5, 5.41) is 13.4. The van der Waals surface area contributed by atoms with E-state index in [9.17, 15) is 24.5 Å². The molecule has 0 saturated carbocycles. The third kappa shape index (κ3) is 3.50. The van der Waals surface area contributed by atoms with Crippen LogP contribution >= 0.6 is 11.6 Å². The zero-order valence-corrected chi connectivity index (χ0v) is 13.8. The molecule has 0 saturated heterocycles. The SMILES string of the molecule is CC(=O)c1c(C)oc(NC(=O)c2ccc(Cl)cc2[N+](=O)[O-])c1C(N)=O. The number of ketones is 1. The van der Waals surface area contributed by atoms with Crippen molar-refractivity contribution in [2.75, 3.05) is 5.32 Å². The summed E-state index contributed by atoms with van der Waals surface area (Å²) in [5.41, 5.74) is 4.06. The van der Waals surface area contributed by atoms with Gasteiger partial charge in [-0.05, 0) is 26.0 Å². The molecule has 1 aromatic carbocycles. The predicted octanol–water partition coefficient (Wildman–Crippen LogP) is 2.70. The first kappa shape index (κ1) is 18.1. The lowest BCUT2D eigenvalue weighted by molar-refractivity contribution is -0.385. The third-order valence-electron chi connectivity index (χ3n) is 3.31. The summed E-state index contributed by atoms with van der Waals surface area (Å²) in [6.07, 6.45) is 0. The molecule has 0 radical (unpaired) electrons. The van der Waals surface area contributed by atoms with Gasteiger partial charge in [0.2, 0.25) is 5.88 Å². The number of furan rings is 1. The largest absolute Gasteiger partial charge is 0.444 e. The van der Waals surface area contributed by atoms with Crippen LogP contribution in [0, 0.1) is 17.0 Å². The Labute approximate surface area is 145 Å². The Morgan fingerprint density at radius 1 is 1.28 bits per heavy atom. The number of nitro benzene ring substituents is 1. The number of Topliss-reactive ketones (excluding diaryl/α,β-unsaturated/α-hetero) is 1. The van der Waals surface area contributed by atoms with Crippen molar-refractivity contribution in [3.05, 3.63) is 55.8 Å². The predicted molar refractivity (Wildman–Crippen MR) is 88.0 cm³/mol. The number of halogens is 1. The van der Waals surface area contributed by atoms with E-state index in [0.717, 1.165) is 12.1 Å². The van der Waals surface area contributed by atoms with Gasteiger partial charge in [-0.25, -0.2) is 0 Å². The number of amides is 2. The van der Waals surface area contributed by atoms with Crippen LogP contribution in [0.15, 0.2) is 22.6 Å². The van der Waals surface area contributed by atoms with Crippen molar-refractivity contribution in [3.63, 3.8) is 0 Å². The van der Waals surface area contributed by atoms with Crippen LogP contribution in [0.5, 0.6) is 0 Å². The quantitative estimate of drug-likeness (QED) is 0.473. The smallest absolute Gasteiger partial charge is 0.283 e. The number of hydrogen-bond donors (Lipinski definition) is 2. The zero-order chi connectivity index (χ0) is 18.9. The summed E-state index contributed by atoms with van der Waals surface area (Å²) < 4.78 is 5.24. The summed E-state index contributed by atoms with van der Waals surface area (Å²) in [6.45, 7) is 2.63. The fourth-order valence-electron chi connectivity index (χ4n) is 2.31. The normalized spacial score (nSPS) is 10.4. The molecule has 0 aliphatic heterocycles. The Balaban J connectivity index is 2.50. The number of benzene rings is 1. The lowest BCUT2D eigenvalue weighted by Crippen LogP contribution is -2.19. The van der Waals surface area contributed by atoms with E-state index in [1.54, 1.807) is 0 Å². The number of carbonyl (C=O) groups is 3. The van der Waals surface area contributed by atoms with Gasteiger partial charge in [0.25, 0.3) is 17.5 Å². The fourth-order valence-corrected chi connectivity index (χ4v) is 2.48. The van der Waals surface area contributed by atoms with E-state index in [1.165, 1.54) is 19.9 Å². The summed E-state index contributed by atoms with van der Waals surface area (Å²) in [6, 6.07) is 3.47. The highest BCUT2D eigenvalue weighted by Gasteiger charge is 2.28. The lowest BCUT2D eigenvalue weighted by atomic mass is 10.1. The Bertz CT molecular complexity index is 918. The molecule has 2 amide bonds.